The molecule has 0 aliphatic carbocycles. The number of nitro groups is 1. The first-order chi connectivity index (χ1) is 12.0. The first kappa shape index (κ1) is 19.0. The van der Waals surface area contributed by atoms with Crippen LogP contribution in [0.25, 0.3) is 0 Å². The van der Waals surface area contributed by atoms with Crippen molar-refractivity contribution in [2.24, 2.45) is 0 Å². The quantitative estimate of drug-likeness (QED) is 0.423. The second kappa shape index (κ2) is 8.66. The predicted molar refractivity (Wildman–Crippen MR) is 90.9 cm³/mol. The fraction of sp³-hybridized carbons (Fsp3) is 0.588. The summed E-state index contributed by atoms with van der Waals surface area (Å²) in [6.45, 7) is 3.05. The molecule has 0 bridgehead atoms. The molecule has 138 valence electrons. The monoisotopic (exact) mass is 352 g/mol. The van der Waals surface area contributed by atoms with E-state index < -0.39 is 4.92 Å². The van der Waals surface area contributed by atoms with Crippen LogP contribution in [0.4, 0.5) is 5.69 Å². The second-order valence-electron chi connectivity index (χ2n) is 5.83. The average molecular weight is 352 g/mol. The van der Waals surface area contributed by atoms with Crippen molar-refractivity contribution >= 4 is 11.7 Å². The first-order valence-corrected chi connectivity index (χ1v) is 8.31. The maximum atomic E-state index is 12.2. The van der Waals surface area contributed by atoms with Crippen molar-refractivity contribution in [3.05, 3.63) is 27.8 Å². The topological polar surface area (TPSA) is 91.1 Å². The molecule has 0 saturated carbocycles. The Bertz CT molecular complexity index is 634. The van der Waals surface area contributed by atoms with Crippen molar-refractivity contribution in [2.45, 2.75) is 38.8 Å². The van der Waals surface area contributed by atoms with Gasteiger partial charge in [-0.3, -0.25) is 19.8 Å². The molecule has 1 saturated heterocycles. The standard InChI is InChI=1S/C17H24N2O6/c1-4-25-17(20)13-7-5-6-8-18(13)11-12-9-15(23-2)16(24-3)10-14(12)19(21)22/h9-10,13H,4-8,11H2,1-3H3/t13-/m0/s1. The molecule has 8 nitrogen and oxygen atoms in total. The SMILES string of the molecule is CCOC(=O)[C@@H]1CCCCN1Cc1cc(OC)c(OC)cc1[N+](=O)[O-]. The molecule has 0 amide bonds. The summed E-state index contributed by atoms with van der Waals surface area (Å²) < 4.78 is 15.6. The maximum absolute atomic E-state index is 12.2. The number of benzene rings is 1. The molecule has 1 heterocycles. The molecule has 0 spiro atoms. The summed E-state index contributed by atoms with van der Waals surface area (Å²) in [5.41, 5.74) is 0.435. The average Bonchev–Trinajstić information content (AvgIpc) is 2.61. The van der Waals surface area contributed by atoms with Crippen LogP contribution in [0.15, 0.2) is 12.1 Å². The number of esters is 1. The van der Waals surface area contributed by atoms with Crippen molar-refractivity contribution in [1.29, 1.82) is 0 Å². The zero-order chi connectivity index (χ0) is 18.4. The summed E-state index contributed by atoms with van der Waals surface area (Å²) in [6.07, 6.45) is 2.57. The van der Waals surface area contributed by atoms with E-state index in [2.05, 4.69) is 0 Å². The molecular formula is C17H24N2O6. The molecule has 1 aromatic carbocycles. The van der Waals surface area contributed by atoms with Crippen LogP contribution in [0.3, 0.4) is 0 Å². The largest absolute Gasteiger partial charge is 0.493 e. The van der Waals surface area contributed by atoms with Crippen molar-refractivity contribution in [3.8, 4) is 11.5 Å². The van der Waals surface area contributed by atoms with E-state index in [9.17, 15) is 14.9 Å². The number of rotatable bonds is 7. The van der Waals surface area contributed by atoms with Gasteiger partial charge in [0, 0.05) is 12.1 Å². The first-order valence-electron chi connectivity index (χ1n) is 8.31. The van der Waals surface area contributed by atoms with Gasteiger partial charge in [-0.1, -0.05) is 6.42 Å². The van der Waals surface area contributed by atoms with Crippen LogP contribution in [0, 0.1) is 10.1 Å². The summed E-state index contributed by atoms with van der Waals surface area (Å²) >= 11 is 0. The van der Waals surface area contributed by atoms with E-state index in [0.29, 0.717) is 36.6 Å². The van der Waals surface area contributed by atoms with E-state index in [0.717, 1.165) is 12.8 Å². The van der Waals surface area contributed by atoms with Gasteiger partial charge in [0.05, 0.1) is 31.8 Å². The van der Waals surface area contributed by atoms with E-state index in [1.165, 1.54) is 20.3 Å². The Hall–Kier alpha value is -2.35. The van der Waals surface area contributed by atoms with Crippen LogP contribution < -0.4 is 9.47 Å². The minimum Gasteiger partial charge on any atom is -0.493 e. The summed E-state index contributed by atoms with van der Waals surface area (Å²) in [5, 5.41) is 11.4. The second-order valence-corrected chi connectivity index (χ2v) is 5.83. The van der Waals surface area contributed by atoms with Gasteiger partial charge >= 0.3 is 5.97 Å². The summed E-state index contributed by atoms with van der Waals surface area (Å²) in [7, 11) is 2.92. The van der Waals surface area contributed by atoms with Gasteiger partial charge in [-0.15, -0.1) is 0 Å². The molecule has 25 heavy (non-hydrogen) atoms. The maximum Gasteiger partial charge on any atom is 0.323 e. The Morgan fingerprint density at radius 1 is 1.28 bits per heavy atom. The number of carbonyl (C=O) groups excluding carboxylic acids is 1. The van der Waals surface area contributed by atoms with E-state index in [4.69, 9.17) is 14.2 Å². The third kappa shape index (κ3) is 4.39. The number of ether oxygens (including phenoxy) is 3. The van der Waals surface area contributed by atoms with Crippen LogP contribution >= 0.6 is 0 Å². The van der Waals surface area contributed by atoms with Gasteiger partial charge in [0.1, 0.15) is 6.04 Å². The zero-order valence-electron chi connectivity index (χ0n) is 14.8. The fourth-order valence-electron chi connectivity index (χ4n) is 3.11. The molecule has 1 fully saturated rings. The number of carbonyl (C=O) groups is 1. The number of hydrogen-bond acceptors (Lipinski definition) is 7. The highest BCUT2D eigenvalue weighted by molar-refractivity contribution is 5.76. The lowest BCUT2D eigenvalue weighted by molar-refractivity contribution is -0.385. The number of piperidine rings is 1. The zero-order valence-corrected chi connectivity index (χ0v) is 14.8. The Labute approximate surface area is 146 Å². The highest BCUT2D eigenvalue weighted by atomic mass is 16.6. The van der Waals surface area contributed by atoms with E-state index in [1.807, 2.05) is 4.90 Å². The predicted octanol–water partition coefficient (Wildman–Crippen LogP) is 2.53. The molecule has 1 aliphatic rings. The van der Waals surface area contributed by atoms with E-state index in [-0.39, 0.29) is 24.2 Å². The van der Waals surface area contributed by atoms with Crippen LogP contribution in [0.5, 0.6) is 11.5 Å². The van der Waals surface area contributed by atoms with Gasteiger partial charge in [0.25, 0.3) is 5.69 Å². The lowest BCUT2D eigenvalue weighted by atomic mass is 10.0. The highest BCUT2D eigenvalue weighted by Gasteiger charge is 2.31. The molecule has 0 radical (unpaired) electrons. The lowest BCUT2D eigenvalue weighted by Gasteiger charge is -2.33. The Morgan fingerprint density at radius 2 is 1.96 bits per heavy atom. The normalized spacial score (nSPS) is 17.8. The third-order valence-electron chi connectivity index (χ3n) is 4.33. The number of hydrogen-bond donors (Lipinski definition) is 0. The van der Waals surface area contributed by atoms with Gasteiger partial charge in [-0.05, 0) is 32.4 Å². The minimum absolute atomic E-state index is 0.0502. The van der Waals surface area contributed by atoms with Crippen molar-refractivity contribution in [3.63, 3.8) is 0 Å². The Balaban J connectivity index is 2.33. The molecule has 8 heteroatoms. The van der Waals surface area contributed by atoms with Gasteiger partial charge in [-0.2, -0.15) is 0 Å². The number of nitrogens with zero attached hydrogens (tertiary/aromatic N) is 2. The van der Waals surface area contributed by atoms with Gasteiger partial charge < -0.3 is 14.2 Å². The molecule has 1 aromatic rings. The van der Waals surface area contributed by atoms with Crippen molar-refractivity contribution in [1.82, 2.24) is 4.90 Å². The molecule has 0 N–H and O–H groups in total. The minimum atomic E-state index is -0.444. The van der Waals surface area contributed by atoms with Crippen LogP contribution in [0.1, 0.15) is 31.7 Å². The smallest absolute Gasteiger partial charge is 0.323 e. The Morgan fingerprint density at radius 3 is 2.56 bits per heavy atom. The summed E-state index contributed by atoms with van der Waals surface area (Å²) in [5.74, 6) is 0.455. The Kier molecular flexibility index (Phi) is 6.58. The van der Waals surface area contributed by atoms with Crippen LogP contribution in [-0.2, 0) is 16.1 Å². The van der Waals surface area contributed by atoms with Gasteiger partial charge in [0.2, 0.25) is 0 Å². The fourth-order valence-corrected chi connectivity index (χ4v) is 3.11. The number of likely N-dealkylation sites (tertiary alicyclic amines) is 1. The van der Waals surface area contributed by atoms with Crippen LogP contribution in [0.2, 0.25) is 0 Å². The highest BCUT2D eigenvalue weighted by Crippen LogP contribution is 2.36. The van der Waals surface area contributed by atoms with Crippen LogP contribution in [-0.4, -0.2) is 49.2 Å². The summed E-state index contributed by atoms with van der Waals surface area (Å²) in [4.78, 5) is 25.1. The van der Waals surface area contributed by atoms with Crippen molar-refractivity contribution < 1.29 is 23.9 Å². The molecule has 2 rings (SSSR count). The van der Waals surface area contributed by atoms with E-state index >= 15 is 0 Å². The van der Waals surface area contributed by atoms with Crippen molar-refractivity contribution in [2.75, 3.05) is 27.4 Å². The molecule has 0 aromatic heterocycles. The molecular weight excluding hydrogens is 328 g/mol. The molecule has 1 atom stereocenters. The summed E-state index contributed by atoms with van der Waals surface area (Å²) in [6, 6.07) is 2.59. The number of methoxy groups -OCH3 is 2. The third-order valence-corrected chi connectivity index (χ3v) is 4.33. The van der Waals surface area contributed by atoms with Gasteiger partial charge in [0.15, 0.2) is 11.5 Å². The molecule has 1 aliphatic heterocycles. The molecule has 0 unspecified atom stereocenters. The van der Waals surface area contributed by atoms with E-state index in [1.54, 1.807) is 13.0 Å². The lowest BCUT2D eigenvalue weighted by Crippen LogP contribution is -2.45. The number of nitro benzene ring substituents is 1. The van der Waals surface area contributed by atoms with Gasteiger partial charge in [-0.25, -0.2) is 0 Å².